The first-order valence-corrected chi connectivity index (χ1v) is 8.86. The van der Waals surface area contributed by atoms with Crippen molar-refractivity contribution in [3.05, 3.63) is 17.7 Å². The Balaban J connectivity index is 0.00000729. The second-order valence-corrected chi connectivity index (χ2v) is 6.87. The van der Waals surface area contributed by atoms with Gasteiger partial charge in [0.1, 0.15) is 5.75 Å². The third-order valence-electron chi connectivity index (χ3n) is 3.47. The van der Waals surface area contributed by atoms with Crippen LogP contribution in [0.15, 0.2) is 17.1 Å². The summed E-state index contributed by atoms with van der Waals surface area (Å²) in [6.07, 6.45) is 0. The quantitative estimate of drug-likeness (QED) is 0.284. The number of halogens is 1. The Labute approximate surface area is 184 Å². The highest BCUT2D eigenvalue weighted by atomic mass is 127. The van der Waals surface area contributed by atoms with Crippen molar-refractivity contribution in [2.45, 2.75) is 39.8 Å². The number of aliphatic imine (C=N–C) groups is 1. The van der Waals surface area contributed by atoms with Crippen molar-refractivity contribution >= 4 is 35.8 Å². The molecular weight excluding hydrogens is 475 g/mol. The minimum absolute atomic E-state index is 0. The molecule has 0 aliphatic carbocycles. The van der Waals surface area contributed by atoms with Gasteiger partial charge in [0.15, 0.2) is 17.5 Å². The lowest BCUT2D eigenvalue weighted by Crippen LogP contribution is -2.48. The molecule has 1 aromatic carbocycles. The molecule has 1 rings (SSSR count). The average molecular weight is 508 g/mol. The van der Waals surface area contributed by atoms with Gasteiger partial charge in [-0.1, -0.05) is 0 Å². The van der Waals surface area contributed by atoms with Gasteiger partial charge in [0.2, 0.25) is 5.91 Å². The van der Waals surface area contributed by atoms with Crippen LogP contribution in [-0.4, -0.2) is 51.8 Å². The molecule has 0 saturated carbocycles. The molecule has 0 heterocycles. The summed E-state index contributed by atoms with van der Waals surface area (Å²) in [6.45, 7) is 8.93. The lowest BCUT2D eigenvalue weighted by molar-refractivity contribution is -0.121. The van der Waals surface area contributed by atoms with E-state index in [2.05, 4.69) is 20.9 Å². The van der Waals surface area contributed by atoms with Gasteiger partial charge >= 0.3 is 0 Å². The molecule has 0 fully saturated rings. The van der Waals surface area contributed by atoms with E-state index in [0.29, 0.717) is 36.3 Å². The zero-order chi connectivity index (χ0) is 20.4. The number of methoxy groups -OCH3 is 3. The fraction of sp³-hybridized carbons (Fsp3) is 0.579. The molecule has 0 radical (unpaired) electrons. The van der Waals surface area contributed by atoms with Crippen LogP contribution >= 0.6 is 24.0 Å². The van der Waals surface area contributed by atoms with E-state index in [9.17, 15) is 4.79 Å². The number of hydrogen-bond donors (Lipinski definition) is 3. The fourth-order valence-electron chi connectivity index (χ4n) is 2.35. The number of hydrogen-bond acceptors (Lipinski definition) is 5. The Morgan fingerprint density at radius 3 is 2.07 bits per heavy atom. The molecule has 0 aliphatic rings. The third kappa shape index (κ3) is 8.85. The number of carbonyl (C=O) groups excluding carboxylic acids is 1. The van der Waals surface area contributed by atoms with Gasteiger partial charge in [0, 0.05) is 23.7 Å². The van der Waals surface area contributed by atoms with Crippen LogP contribution in [0.3, 0.4) is 0 Å². The number of carbonyl (C=O) groups is 1. The fourth-order valence-corrected chi connectivity index (χ4v) is 2.35. The van der Waals surface area contributed by atoms with Gasteiger partial charge in [-0.3, -0.25) is 4.79 Å². The Hall–Kier alpha value is -1.91. The van der Waals surface area contributed by atoms with Gasteiger partial charge in [0.25, 0.3) is 0 Å². The monoisotopic (exact) mass is 508 g/mol. The highest BCUT2D eigenvalue weighted by Gasteiger charge is 2.14. The van der Waals surface area contributed by atoms with E-state index >= 15 is 0 Å². The standard InChI is InChI=1S/C19H32N4O4.HI/c1-8-20-18(22-12-17(24)23-19(2,3)4)21-11-13-9-15(26-6)16(27-7)10-14(13)25-5;/h9-10H,8,11-12H2,1-7H3,(H,23,24)(H2,20,21,22);1H. The van der Waals surface area contributed by atoms with E-state index in [1.54, 1.807) is 27.4 Å². The topological polar surface area (TPSA) is 93.2 Å². The number of benzene rings is 1. The van der Waals surface area contributed by atoms with E-state index in [-0.39, 0.29) is 42.0 Å². The van der Waals surface area contributed by atoms with E-state index in [4.69, 9.17) is 14.2 Å². The number of ether oxygens (including phenoxy) is 3. The van der Waals surface area contributed by atoms with Crippen LogP contribution in [-0.2, 0) is 11.3 Å². The number of rotatable bonds is 8. The SMILES string of the molecule is CCNC(=NCc1cc(OC)c(OC)cc1OC)NCC(=O)NC(C)(C)C.I. The second kappa shape index (κ2) is 12.5. The van der Waals surface area contributed by atoms with Crippen molar-refractivity contribution in [2.24, 2.45) is 4.99 Å². The molecule has 160 valence electrons. The molecule has 8 nitrogen and oxygen atoms in total. The zero-order valence-corrected chi connectivity index (χ0v) is 20.1. The first kappa shape index (κ1) is 26.1. The summed E-state index contributed by atoms with van der Waals surface area (Å²) in [6, 6.07) is 3.60. The predicted molar refractivity (Wildman–Crippen MR) is 122 cm³/mol. The van der Waals surface area contributed by atoms with Gasteiger partial charge in [-0.15, -0.1) is 24.0 Å². The van der Waals surface area contributed by atoms with Gasteiger partial charge in [-0.25, -0.2) is 4.99 Å². The van der Waals surface area contributed by atoms with Crippen molar-refractivity contribution in [1.29, 1.82) is 0 Å². The first-order chi connectivity index (χ1) is 12.7. The lowest BCUT2D eigenvalue weighted by atomic mass is 10.1. The summed E-state index contributed by atoms with van der Waals surface area (Å²) >= 11 is 0. The van der Waals surface area contributed by atoms with Gasteiger partial charge < -0.3 is 30.2 Å². The Morgan fingerprint density at radius 1 is 1.00 bits per heavy atom. The normalized spacial score (nSPS) is 11.2. The summed E-state index contributed by atoms with van der Waals surface area (Å²) in [5.74, 6) is 2.28. The molecule has 9 heteroatoms. The van der Waals surface area contributed by atoms with Crippen molar-refractivity contribution in [1.82, 2.24) is 16.0 Å². The molecule has 1 aromatic rings. The van der Waals surface area contributed by atoms with Gasteiger partial charge in [-0.2, -0.15) is 0 Å². The minimum atomic E-state index is -0.277. The molecule has 0 spiro atoms. The van der Waals surface area contributed by atoms with Crippen LogP contribution in [0.1, 0.15) is 33.3 Å². The van der Waals surface area contributed by atoms with E-state index < -0.39 is 0 Å². The van der Waals surface area contributed by atoms with E-state index in [0.717, 1.165) is 5.56 Å². The van der Waals surface area contributed by atoms with Crippen molar-refractivity contribution in [3.63, 3.8) is 0 Å². The maximum atomic E-state index is 12.0. The van der Waals surface area contributed by atoms with E-state index in [1.165, 1.54) is 0 Å². The molecule has 3 N–H and O–H groups in total. The predicted octanol–water partition coefficient (Wildman–Crippen LogP) is 2.30. The van der Waals surface area contributed by atoms with Crippen molar-refractivity contribution < 1.29 is 19.0 Å². The maximum Gasteiger partial charge on any atom is 0.239 e. The van der Waals surface area contributed by atoms with Crippen LogP contribution < -0.4 is 30.2 Å². The summed E-state index contributed by atoms with van der Waals surface area (Å²) in [5, 5.41) is 9.06. The number of guanidine groups is 1. The highest BCUT2D eigenvalue weighted by Crippen LogP contribution is 2.34. The molecule has 0 aromatic heterocycles. The first-order valence-electron chi connectivity index (χ1n) is 8.86. The molecular formula is C19H33IN4O4. The molecule has 28 heavy (non-hydrogen) atoms. The Morgan fingerprint density at radius 2 is 1.57 bits per heavy atom. The van der Waals surface area contributed by atoms with E-state index in [1.807, 2.05) is 33.8 Å². The summed E-state index contributed by atoms with van der Waals surface area (Å²) in [7, 11) is 4.75. The second-order valence-electron chi connectivity index (χ2n) is 6.87. The number of nitrogens with zero attached hydrogens (tertiary/aromatic N) is 1. The van der Waals surface area contributed by atoms with Gasteiger partial charge in [-0.05, 0) is 33.8 Å². The average Bonchev–Trinajstić information content (AvgIpc) is 2.61. The molecule has 1 amide bonds. The highest BCUT2D eigenvalue weighted by molar-refractivity contribution is 14.0. The molecule has 0 atom stereocenters. The summed E-state index contributed by atoms with van der Waals surface area (Å²) in [4.78, 5) is 16.5. The number of amides is 1. The van der Waals surface area contributed by atoms with Crippen molar-refractivity contribution in [3.8, 4) is 17.2 Å². The van der Waals surface area contributed by atoms with Crippen LogP contribution in [0.25, 0.3) is 0 Å². The van der Waals surface area contributed by atoms with Crippen molar-refractivity contribution in [2.75, 3.05) is 34.4 Å². The van der Waals surface area contributed by atoms with Crippen LogP contribution in [0.5, 0.6) is 17.2 Å². The molecule has 0 bridgehead atoms. The largest absolute Gasteiger partial charge is 0.496 e. The van der Waals surface area contributed by atoms with Crippen LogP contribution in [0, 0.1) is 0 Å². The minimum Gasteiger partial charge on any atom is -0.496 e. The summed E-state index contributed by atoms with van der Waals surface area (Å²) in [5.41, 5.74) is 0.563. The summed E-state index contributed by atoms with van der Waals surface area (Å²) < 4.78 is 16.1. The smallest absolute Gasteiger partial charge is 0.239 e. The van der Waals surface area contributed by atoms with Gasteiger partial charge in [0.05, 0.1) is 34.4 Å². The van der Waals surface area contributed by atoms with Crippen LogP contribution in [0.2, 0.25) is 0 Å². The number of nitrogens with one attached hydrogen (secondary N) is 3. The molecule has 0 unspecified atom stereocenters. The zero-order valence-electron chi connectivity index (χ0n) is 17.8. The third-order valence-corrected chi connectivity index (χ3v) is 3.47. The van der Waals surface area contributed by atoms with Crippen LogP contribution in [0.4, 0.5) is 0 Å². The molecule has 0 aliphatic heterocycles. The lowest BCUT2D eigenvalue weighted by Gasteiger charge is -2.21. The Bertz CT molecular complexity index is 660. The Kier molecular flexibility index (Phi) is 11.7. The molecule has 0 saturated heterocycles. The maximum absolute atomic E-state index is 12.0.